The summed E-state index contributed by atoms with van der Waals surface area (Å²) in [4.78, 5) is 28.0. The molecule has 21 heavy (non-hydrogen) atoms. The number of nitrogens with one attached hydrogen (secondary N) is 1. The van der Waals surface area contributed by atoms with Crippen molar-refractivity contribution in [2.45, 2.75) is 38.1 Å². The lowest BCUT2D eigenvalue weighted by Crippen LogP contribution is -2.56. The fourth-order valence-electron chi connectivity index (χ4n) is 2.93. The normalized spacial score (nSPS) is 25.1. The summed E-state index contributed by atoms with van der Waals surface area (Å²) in [5.41, 5.74) is -0.894. The molecule has 2 unspecified atom stereocenters. The van der Waals surface area contributed by atoms with Gasteiger partial charge in [-0.1, -0.05) is 19.8 Å². The first-order valence-electron chi connectivity index (χ1n) is 7.02. The van der Waals surface area contributed by atoms with E-state index in [1.807, 2.05) is 6.92 Å². The molecule has 1 fully saturated rings. The van der Waals surface area contributed by atoms with Crippen molar-refractivity contribution in [3.8, 4) is 5.75 Å². The molecule has 1 saturated carbocycles. The van der Waals surface area contributed by atoms with E-state index in [9.17, 15) is 14.7 Å². The van der Waals surface area contributed by atoms with Gasteiger partial charge in [0.05, 0.1) is 18.9 Å². The van der Waals surface area contributed by atoms with E-state index in [-0.39, 0.29) is 5.92 Å². The van der Waals surface area contributed by atoms with Crippen molar-refractivity contribution in [1.82, 2.24) is 10.3 Å². The third-order valence-electron chi connectivity index (χ3n) is 4.01. The number of methoxy groups -OCH3 is 1. The van der Waals surface area contributed by atoms with E-state index in [0.29, 0.717) is 24.2 Å². The van der Waals surface area contributed by atoms with Gasteiger partial charge in [0.1, 0.15) is 11.3 Å². The van der Waals surface area contributed by atoms with Crippen molar-refractivity contribution in [3.05, 3.63) is 24.0 Å². The van der Waals surface area contributed by atoms with Crippen LogP contribution < -0.4 is 10.1 Å². The average Bonchev–Trinajstić information content (AvgIpc) is 2.47. The molecule has 2 N–H and O–H groups in total. The summed E-state index contributed by atoms with van der Waals surface area (Å²) in [6.45, 7) is 2.01. The molecule has 1 aromatic rings. The number of amides is 1. The predicted molar refractivity (Wildman–Crippen MR) is 76.3 cm³/mol. The van der Waals surface area contributed by atoms with Gasteiger partial charge < -0.3 is 15.2 Å². The summed E-state index contributed by atoms with van der Waals surface area (Å²) in [7, 11) is 1.45. The Morgan fingerprint density at radius 1 is 1.52 bits per heavy atom. The Balaban J connectivity index is 2.25. The fraction of sp³-hybridized carbons (Fsp3) is 0.533. The molecule has 1 amide bonds. The van der Waals surface area contributed by atoms with E-state index in [0.717, 1.165) is 12.8 Å². The largest absolute Gasteiger partial charge is 0.494 e. The number of rotatable bonds is 4. The molecule has 0 saturated heterocycles. The van der Waals surface area contributed by atoms with Gasteiger partial charge in [-0.15, -0.1) is 0 Å². The molecule has 114 valence electrons. The summed E-state index contributed by atoms with van der Waals surface area (Å²) in [6.07, 6.45) is 5.60. The van der Waals surface area contributed by atoms with Crippen molar-refractivity contribution < 1.29 is 19.4 Å². The highest BCUT2D eigenvalue weighted by Crippen LogP contribution is 2.33. The molecule has 6 heteroatoms. The number of hydrogen-bond acceptors (Lipinski definition) is 4. The number of ether oxygens (including phenoxy) is 1. The van der Waals surface area contributed by atoms with Gasteiger partial charge in [-0.3, -0.25) is 9.78 Å². The molecule has 0 aliphatic heterocycles. The van der Waals surface area contributed by atoms with Crippen molar-refractivity contribution >= 4 is 11.9 Å². The van der Waals surface area contributed by atoms with E-state index in [2.05, 4.69) is 10.3 Å². The molecular weight excluding hydrogens is 272 g/mol. The standard InChI is InChI=1S/C15H20N2O4/c1-10-4-3-6-15(8-10,14(19)20)17-13(18)11-5-7-16-9-12(11)21-2/h5,7,9-10H,3-4,6,8H2,1-2H3,(H,17,18)(H,19,20). The molecule has 0 aromatic carbocycles. The van der Waals surface area contributed by atoms with Crippen LogP contribution in [0.25, 0.3) is 0 Å². The molecule has 0 bridgehead atoms. The van der Waals surface area contributed by atoms with Gasteiger partial charge in [-0.25, -0.2) is 4.79 Å². The molecule has 2 rings (SSSR count). The molecule has 1 aliphatic rings. The SMILES string of the molecule is COc1cnccc1C(=O)NC1(C(=O)O)CCCC(C)C1. The summed E-state index contributed by atoms with van der Waals surface area (Å²) in [6, 6.07) is 1.52. The van der Waals surface area contributed by atoms with Gasteiger partial charge in [0, 0.05) is 6.20 Å². The van der Waals surface area contributed by atoms with E-state index < -0.39 is 17.4 Å². The van der Waals surface area contributed by atoms with Crippen molar-refractivity contribution in [3.63, 3.8) is 0 Å². The van der Waals surface area contributed by atoms with Crippen LogP contribution in [0.3, 0.4) is 0 Å². The highest BCUT2D eigenvalue weighted by Gasteiger charge is 2.43. The molecule has 1 aliphatic carbocycles. The van der Waals surface area contributed by atoms with Gasteiger partial charge in [0.2, 0.25) is 0 Å². The maximum Gasteiger partial charge on any atom is 0.329 e. The Hall–Kier alpha value is -2.11. The zero-order valence-corrected chi connectivity index (χ0v) is 12.3. The van der Waals surface area contributed by atoms with Crippen molar-refractivity contribution in [1.29, 1.82) is 0 Å². The van der Waals surface area contributed by atoms with Crippen LogP contribution in [-0.2, 0) is 4.79 Å². The lowest BCUT2D eigenvalue weighted by Gasteiger charge is -2.37. The number of aromatic nitrogens is 1. The number of carbonyl (C=O) groups excluding carboxylic acids is 1. The Kier molecular flexibility index (Phi) is 4.45. The number of hydrogen-bond donors (Lipinski definition) is 2. The number of carbonyl (C=O) groups is 2. The highest BCUT2D eigenvalue weighted by atomic mass is 16.5. The Morgan fingerprint density at radius 3 is 2.90 bits per heavy atom. The van der Waals surface area contributed by atoms with Crippen LogP contribution in [-0.4, -0.2) is 34.6 Å². The molecule has 1 aromatic heterocycles. The number of pyridine rings is 1. The zero-order valence-electron chi connectivity index (χ0n) is 12.3. The monoisotopic (exact) mass is 292 g/mol. The Labute approximate surface area is 123 Å². The number of aliphatic carboxylic acids is 1. The fourth-order valence-corrected chi connectivity index (χ4v) is 2.93. The minimum Gasteiger partial charge on any atom is -0.494 e. The minimum absolute atomic E-state index is 0.273. The van der Waals surface area contributed by atoms with Crippen LogP contribution in [0, 0.1) is 5.92 Å². The summed E-state index contributed by atoms with van der Waals surface area (Å²) in [5, 5.41) is 12.3. The van der Waals surface area contributed by atoms with E-state index in [1.54, 1.807) is 0 Å². The number of carboxylic acid groups (broad SMARTS) is 1. The van der Waals surface area contributed by atoms with Gasteiger partial charge in [-0.2, -0.15) is 0 Å². The minimum atomic E-state index is -1.19. The zero-order chi connectivity index (χ0) is 15.5. The first kappa shape index (κ1) is 15.3. The second kappa shape index (κ2) is 6.11. The maximum absolute atomic E-state index is 12.4. The van der Waals surface area contributed by atoms with Gasteiger partial charge >= 0.3 is 5.97 Å². The van der Waals surface area contributed by atoms with Crippen LogP contribution >= 0.6 is 0 Å². The quantitative estimate of drug-likeness (QED) is 0.884. The molecule has 6 nitrogen and oxygen atoms in total. The first-order valence-corrected chi connectivity index (χ1v) is 7.02. The maximum atomic E-state index is 12.4. The van der Waals surface area contributed by atoms with Crippen LogP contribution in [0.15, 0.2) is 18.5 Å². The second-order valence-electron chi connectivity index (χ2n) is 5.62. The summed E-state index contributed by atoms with van der Waals surface area (Å²) >= 11 is 0. The lowest BCUT2D eigenvalue weighted by atomic mass is 9.76. The van der Waals surface area contributed by atoms with Crippen molar-refractivity contribution in [2.75, 3.05) is 7.11 Å². The van der Waals surface area contributed by atoms with E-state index in [4.69, 9.17) is 4.74 Å². The van der Waals surface area contributed by atoms with E-state index in [1.165, 1.54) is 25.6 Å². The summed E-state index contributed by atoms with van der Waals surface area (Å²) in [5.74, 6) is -0.810. The predicted octanol–water partition coefficient (Wildman–Crippen LogP) is 1.85. The molecule has 2 atom stereocenters. The molecule has 1 heterocycles. The topological polar surface area (TPSA) is 88.5 Å². The Bertz CT molecular complexity index is 546. The number of carboxylic acids is 1. The summed E-state index contributed by atoms with van der Waals surface area (Å²) < 4.78 is 5.10. The smallest absolute Gasteiger partial charge is 0.329 e. The Morgan fingerprint density at radius 2 is 2.29 bits per heavy atom. The highest BCUT2D eigenvalue weighted by molar-refractivity contribution is 5.99. The average molecular weight is 292 g/mol. The van der Waals surface area contributed by atoms with Gasteiger partial charge in [-0.05, 0) is 24.8 Å². The van der Waals surface area contributed by atoms with Crippen LogP contribution in [0.2, 0.25) is 0 Å². The molecule has 0 spiro atoms. The molecule has 0 radical (unpaired) electrons. The van der Waals surface area contributed by atoms with Crippen LogP contribution in [0.4, 0.5) is 0 Å². The first-order chi connectivity index (χ1) is 9.98. The van der Waals surface area contributed by atoms with E-state index >= 15 is 0 Å². The number of nitrogens with zero attached hydrogens (tertiary/aromatic N) is 1. The van der Waals surface area contributed by atoms with Crippen LogP contribution in [0.1, 0.15) is 43.0 Å². The van der Waals surface area contributed by atoms with Crippen molar-refractivity contribution in [2.24, 2.45) is 5.92 Å². The van der Waals surface area contributed by atoms with Gasteiger partial charge in [0.25, 0.3) is 5.91 Å². The third-order valence-corrected chi connectivity index (χ3v) is 4.01. The van der Waals surface area contributed by atoms with Gasteiger partial charge in [0.15, 0.2) is 0 Å². The lowest BCUT2D eigenvalue weighted by molar-refractivity contribution is -0.146. The third kappa shape index (κ3) is 3.15. The molecular formula is C15H20N2O4. The van der Waals surface area contributed by atoms with Crippen LogP contribution in [0.5, 0.6) is 5.75 Å². The second-order valence-corrected chi connectivity index (χ2v) is 5.62.